The van der Waals surface area contributed by atoms with Gasteiger partial charge in [-0.2, -0.15) is 0 Å². The molecule has 0 saturated heterocycles. The standard InChI is InChI=1S/C26H18N2/c1-3-9-19(10-4-1)21-14-15-24-23(17-21)22(20-11-5-2-6-12-20)18-26(28-24)25-13-7-8-16-27-25/h1-18H. The molecule has 28 heavy (non-hydrogen) atoms. The van der Waals surface area contributed by atoms with Gasteiger partial charge in [0.2, 0.25) is 0 Å². The van der Waals surface area contributed by atoms with Crippen molar-refractivity contribution in [3.05, 3.63) is 109 Å². The van der Waals surface area contributed by atoms with Crippen LogP contribution in [0.5, 0.6) is 0 Å². The number of rotatable bonds is 3. The SMILES string of the molecule is c1ccc(-c2ccc3nc(-c4ccccn4)cc(-c4ccccc4)c3c2)cc1. The highest BCUT2D eigenvalue weighted by Crippen LogP contribution is 2.34. The second kappa shape index (κ2) is 7.09. The van der Waals surface area contributed by atoms with Crippen molar-refractivity contribution in [3.8, 4) is 33.6 Å². The van der Waals surface area contributed by atoms with Crippen LogP contribution in [-0.2, 0) is 0 Å². The van der Waals surface area contributed by atoms with Crippen LogP contribution in [0.25, 0.3) is 44.5 Å². The summed E-state index contributed by atoms with van der Waals surface area (Å²) in [4.78, 5) is 9.40. The Morgan fingerprint density at radius 1 is 0.500 bits per heavy atom. The number of fused-ring (bicyclic) bond motifs is 1. The van der Waals surface area contributed by atoms with E-state index in [1.807, 2.05) is 36.5 Å². The van der Waals surface area contributed by atoms with Crippen molar-refractivity contribution < 1.29 is 0 Å². The number of benzene rings is 3. The van der Waals surface area contributed by atoms with Crippen molar-refractivity contribution in [2.24, 2.45) is 0 Å². The van der Waals surface area contributed by atoms with Crippen LogP contribution in [0.2, 0.25) is 0 Å². The number of hydrogen-bond acceptors (Lipinski definition) is 2. The van der Waals surface area contributed by atoms with Gasteiger partial charge in [-0.25, -0.2) is 4.98 Å². The van der Waals surface area contributed by atoms with E-state index in [1.165, 1.54) is 22.3 Å². The maximum absolute atomic E-state index is 4.90. The Morgan fingerprint density at radius 3 is 1.93 bits per heavy atom. The van der Waals surface area contributed by atoms with E-state index in [9.17, 15) is 0 Å². The molecule has 3 aromatic carbocycles. The Morgan fingerprint density at radius 2 is 1.21 bits per heavy atom. The summed E-state index contributed by atoms with van der Waals surface area (Å²) in [5.74, 6) is 0. The van der Waals surface area contributed by atoms with Crippen molar-refractivity contribution >= 4 is 10.9 Å². The van der Waals surface area contributed by atoms with Crippen molar-refractivity contribution in [2.75, 3.05) is 0 Å². The van der Waals surface area contributed by atoms with Gasteiger partial charge in [-0.15, -0.1) is 0 Å². The lowest BCUT2D eigenvalue weighted by Crippen LogP contribution is -1.92. The molecule has 0 aliphatic rings. The molecule has 5 rings (SSSR count). The van der Waals surface area contributed by atoms with Gasteiger partial charge in [-0.05, 0) is 52.6 Å². The van der Waals surface area contributed by atoms with Crippen LogP contribution in [0.1, 0.15) is 0 Å². The summed E-state index contributed by atoms with van der Waals surface area (Å²) in [5.41, 5.74) is 7.49. The molecule has 2 nitrogen and oxygen atoms in total. The maximum Gasteiger partial charge on any atom is 0.0900 e. The molecular weight excluding hydrogens is 340 g/mol. The minimum absolute atomic E-state index is 0.883. The Balaban J connectivity index is 1.78. The molecule has 2 heteroatoms. The van der Waals surface area contributed by atoms with Crippen molar-refractivity contribution in [2.45, 2.75) is 0 Å². The molecule has 0 amide bonds. The highest BCUT2D eigenvalue weighted by Gasteiger charge is 2.11. The fraction of sp³-hybridized carbons (Fsp3) is 0. The third kappa shape index (κ3) is 3.06. The van der Waals surface area contributed by atoms with E-state index < -0.39 is 0 Å². The summed E-state index contributed by atoms with van der Waals surface area (Å²) < 4.78 is 0. The fourth-order valence-electron chi connectivity index (χ4n) is 3.54. The van der Waals surface area contributed by atoms with E-state index in [0.717, 1.165) is 22.3 Å². The lowest BCUT2D eigenvalue weighted by atomic mass is 9.96. The summed E-state index contributed by atoms with van der Waals surface area (Å²) in [7, 11) is 0. The van der Waals surface area contributed by atoms with E-state index >= 15 is 0 Å². The molecule has 0 N–H and O–H groups in total. The molecule has 2 aromatic heterocycles. The number of pyridine rings is 2. The smallest absolute Gasteiger partial charge is 0.0900 e. The van der Waals surface area contributed by atoms with Crippen molar-refractivity contribution in [1.82, 2.24) is 9.97 Å². The van der Waals surface area contributed by atoms with E-state index in [4.69, 9.17) is 4.98 Å². The monoisotopic (exact) mass is 358 g/mol. The van der Waals surface area contributed by atoms with Gasteiger partial charge in [-0.1, -0.05) is 72.8 Å². The molecule has 0 saturated carbocycles. The molecule has 0 aliphatic heterocycles. The Labute approximate surface area is 164 Å². The van der Waals surface area contributed by atoms with E-state index in [1.54, 1.807) is 0 Å². The molecular formula is C26H18N2. The minimum atomic E-state index is 0.883. The zero-order chi connectivity index (χ0) is 18.8. The molecule has 132 valence electrons. The summed E-state index contributed by atoms with van der Waals surface area (Å²) in [5, 5.41) is 1.15. The number of hydrogen-bond donors (Lipinski definition) is 0. The molecule has 0 radical (unpaired) electrons. The molecule has 0 atom stereocenters. The van der Waals surface area contributed by atoms with Gasteiger partial charge in [-0.3, -0.25) is 4.98 Å². The molecule has 0 aliphatic carbocycles. The first-order valence-corrected chi connectivity index (χ1v) is 9.35. The van der Waals surface area contributed by atoms with Gasteiger partial charge in [0.05, 0.1) is 16.9 Å². The predicted octanol–water partition coefficient (Wildman–Crippen LogP) is 6.63. The fourth-order valence-corrected chi connectivity index (χ4v) is 3.54. The first-order valence-electron chi connectivity index (χ1n) is 9.35. The second-order valence-electron chi connectivity index (χ2n) is 6.73. The van der Waals surface area contributed by atoms with Gasteiger partial charge < -0.3 is 0 Å². The van der Waals surface area contributed by atoms with Gasteiger partial charge >= 0.3 is 0 Å². The molecule has 0 fully saturated rings. The highest BCUT2D eigenvalue weighted by atomic mass is 14.8. The lowest BCUT2D eigenvalue weighted by Gasteiger charge is -2.12. The van der Waals surface area contributed by atoms with Crippen LogP contribution in [-0.4, -0.2) is 9.97 Å². The van der Waals surface area contributed by atoms with Gasteiger partial charge in [0.25, 0.3) is 0 Å². The van der Waals surface area contributed by atoms with Crippen molar-refractivity contribution in [1.29, 1.82) is 0 Å². The minimum Gasteiger partial charge on any atom is -0.255 e. The molecule has 0 unspecified atom stereocenters. The average molecular weight is 358 g/mol. The normalized spacial score (nSPS) is 10.9. The van der Waals surface area contributed by atoms with Crippen LogP contribution < -0.4 is 0 Å². The molecule has 5 aromatic rings. The van der Waals surface area contributed by atoms with Gasteiger partial charge in [0.1, 0.15) is 0 Å². The first-order chi connectivity index (χ1) is 13.9. The first kappa shape index (κ1) is 16.4. The van der Waals surface area contributed by atoms with E-state index in [0.29, 0.717) is 0 Å². The van der Waals surface area contributed by atoms with Crippen LogP contribution in [0.15, 0.2) is 109 Å². The number of nitrogens with zero attached hydrogens (tertiary/aromatic N) is 2. The summed E-state index contributed by atoms with van der Waals surface area (Å²) in [6.45, 7) is 0. The average Bonchev–Trinajstić information content (AvgIpc) is 2.80. The predicted molar refractivity (Wildman–Crippen MR) is 116 cm³/mol. The van der Waals surface area contributed by atoms with E-state index in [2.05, 4.69) is 77.8 Å². The van der Waals surface area contributed by atoms with Crippen molar-refractivity contribution in [3.63, 3.8) is 0 Å². The Hall–Kier alpha value is -3.78. The third-order valence-electron chi connectivity index (χ3n) is 4.93. The van der Waals surface area contributed by atoms with Crippen LogP contribution in [0.4, 0.5) is 0 Å². The quantitative estimate of drug-likeness (QED) is 0.362. The zero-order valence-corrected chi connectivity index (χ0v) is 15.3. The van der Waals surface area contributed by atoms with E-state index in [-0.39, 0.29) is 0 Å². The number of aromatic nitrogens is 2. The third-order valence-corrected chi connectivity index (χ3v) is 4.93. The highest BCUT2D eigenvalue weighted by molar-refractivity contribution is 5.98. The van der Waals surface area contributed by atoms with Gasteiger partial charge in [0, 0.05) is 11.6 Å². The van der Waals surface area contributed by atoms with Gasteiger partial charge in [0.15, 0.2) is 0 Å². The van der Waals surface area contributed by atoms with Crippen LogP contribution in [0, 0.1) is 0 Å². The molecule has 0 spiro atoms. The summed E-state index contributed by atoms with van der Waals surface area (Å²) >= 11 is 0. The second-order valence-corrected chi connectivity index (χ2v) is 6.73. The molecule has 2 heterocycles. The zero-order valence-electron chi connectivity index (χ0n) is 15.3. The molecule has 0 bridgehead atoms. The lowest BCUT2D eigenvalue weighted by molar-refractivity contribution is 1.28. The maximum atomic E-state index is 4.90. The van der Waals surface area contributed by atoms with Crippen LogP contribution >= 0.6 is 0 Å². The Kier molecular flexibility index (Phi) is 4.15. The summed E-state index contributed by atoms with van der Waals surface area (Å²) in [6, 6.07) is 35.5. The topological polar surface area (TPSA) is 25.8 Å². The summed E-state index contributed by atoms with van der Waals surface area (Å²) in [6.07, 6.45) is 1.81. The largest absolute Gasteiger partial charge is 0.255 e. The van der Waals surface area contributed by atoms with Crippen LogP contribution in [0.3, 0.4) is 0 Å². The Bertz CT molecular complexity index is 1230.